The molecule has 32 heavy (non-hydrogen) atoms. The van der Waals surface area contributed by atoms with Crippen LogP contribution in [0.15, 0.2) is 88.4 Å². The molecule has 0 fully saturated rings. The number of hydrogen-bond donors (Lipinski definition) is 2. The Bertz CT molecular complexity index is 1060. The van der Waals surface area contributed by atoms with E-state index >= 15 is 0 Å². The summed E-state index contributed by atoms with van der Waals surface area (Å²) in [7, 11) is 0. The Morgan fingerprint density at radius 3 is 2.31 bits per heavy atom. The zero-order valence-electron chi connectivity index (χ0n) is 17.5. The highest BCUT2D eigenvalue weighted by atomic mass is 79.9. The molecule has 3 aromatic rings. The van der Waals surface area contributed by atoms with E-state index < -0.39 is 5.91 Å². The Kier molecular flexibility index (Phi) is 9.01. The first-order chi connectivity index (χ1) is 15.6. The number of nitrogens with zero attached hydrogens (tertiary/aromatic N) is 1. The first-order valence-corrected chi connectivity index (χ1v) is 11.0. The minimum absolute atomic E-state index is 0.138. The van der Waals surface area contributed by atoms with Gasteiger partial charge in [-0.1, -0.05) is 76.6 Å². The van der Waals surface area contributed by atoms with Crippen LogP contribution >= 0.6 is 15.9 Å². The van der Waals surface area contributed by atoms with Crippen LogP contribution in [-0.4, -0.2) is 24.6 Å². The van der Waals surface area contributed by atoms with Crippen LogP contribution in [0.4, 0.5) is 0 Å². The van der Waals surface area contributed by atoms with Crippen molar-refractivity contribution in [3.05, 3.63) is 100 Å². The van der Waals surface area contributed by atoms with E-state index in [4.69, 9.17) is 4.74 Å². The van der Waals surface area contributed by atoms with E-state index in [0.717, 1.165) is 15.6 Å². The van der Waals surface area contributed by atoms with Crippen LogP contribution < -0.4 is 15.5 Å². The Morgan fingerprint density at radius 2 is 1.59 bits per heavy atom. The fraction of sp³-hybridized carbons (Fsp3) is 0.160. The molecule has 0 aliphatic rings. The van der Waals surface area contributed by atoms with Gasteiger partial charge in [0, 0.05) is 16.5 Å². The molecule has 0 atom stereocenters. The smallest absolute Gasteiger partial charge is 0.259 e. The maximum atomic E-state index is 12.0. The number of hydrazone groups is 1. The van der Waals surface area contributed by atoms with Crippen molar-refractivity contribution in [3.63, 3.8) is 0 Å². The van der Waals surface area contributed by atoms with Crippen LogP contribution in [0.3, 0.4) is 0 Å². The van der Waals surface area contributed by atoms with Gasteiger partial charge in [0.25, 0.3) is 5.91 Å². The van der Waals surface area contributed by atoms with Gasteiger partial charge in [0.1, 0.15) is 12.4 Å². The van der Waals surface area contributed by atoms with Gasteiger partial charge in [-0.15, -0.1) is 0 Å². The van der Waals surface area contributed by atoms with Gasteiger partial charge in [-0.2, -0.15) is 5.10 Å². The summed E-state index contributed by atoms with van der Waals surface area (Å²) in [6.07, 6.45) is 2.46. The quantitative estimate of drug-likeness (QED) is 0.327. The van der Waals surface area contributed by atoms with E-state index in [0.29, 0.717) is 30.8 Å². The normalized spacial score (nSPS) is 10.7. The number of ether oxygens (including phenoxy) is 1. The first kappa shape index (κ1) is 23.2. The molecule has 0 aliphatic carbocycles. The minimum Gasteiger partial charge on any atom is -0.488 e. The first-order valence-electron chi connectivity index (χ1n) is 10.2. The molecule has 0 radical (unpaired) electrons. The second-order valence-electron chi connectivity index (χ2n) is 7.01. The third-order valence-electron chi connectivity index (χ3n) is 4.53. The molecule has 7 heteroatoms. The average Bonchev–Trinajstić information content (AvgIpc) is 2.82. The van der Waals surface area contributed by atoms with Crippen LogP contribution in [0.2, 0.25) is 0 Å². The SMILES string of the molecule is O=C(CCc1ccccc1)NCC(=O)N/N=C/c1cc(Br)ccc1OCc1ccccc1. The lowest BCUT2D eigenvalue weighted by atomic mass is 10.1. The molecule has 0 aromatic heterocycles. The van der Waals surface area contributed by atoms with Crippen molar-refractivity contribution in [2.45, 2.75) is 19.4 Å². The van der Waals surface area contributed by atoms with Crippen LogP contribution in [0, 0.1) is 0 Å². The summed E-state index contributed by atoms with van der Waals surface area (Å²) >= 11 is 3.43. The lowest BCUT2D eigenvalue weighted by Gasteiger charge is -2.10. The molecule has 0 aliphatic heterocycles. The summed E-state index contributed by atoms with van der Waals surface area (Å²) in [5.41, 5.74) is 5.27. The van der Waals surface area contributed by atoms with Gasteiger partial charge in [-0.3, -0.25) is 9.59 Å². The Morgan fingerprint density at radius 1 is 0.906 bits per heavy atom. The minimum atomic E-state index is -0.406. The second-order valence-corrected chi connectivity index (χ2v) is 7.93. The summed E-state index contributed by atoms with van der Waals surface area (Å²) in [5, 5.41) is 6.60. The van der Waals surface area contributed by atoms with Gasteiger partial charge in [-0.25, -0.2) is 5.43 Å². The largest absolute Gasteiger partial charge is 0.488 e. The molecule has 0 saturated heterocycles. The molecule has 6 nitrogen and oxygen atoms in total. The molecule has 0 spiro atoms. The molecular formula is C25H24BrN3O3. The summed E-state index contributed by atoms with van der Waals surface area (Å²) in [6, 6.07) is 25.1. The lowest BCUT2D eigenvalue weighted by molar-refractivity contribution is -0.126. The topological polar surface area (TPSA) is 79.8 Å². The molecule has 0 bridgehead atoms. The molecule has 2 N–H and O–H groups in total. The monoisotopic (exact) mass is 493 g/mol. The van der Waals surface area contributed by atoms with E-state index in [2.05, 4.69) is 31.8 Å². The van der Waals surface area contributed by atoms with Crippen LogP contribution in [0.5, 0.6) is 5.75 Å². The Balaban J connectivity index is 1.45. The van der Waals surface area contributed by atoms with Crippen LogP contribution in [0.1, 0.15) is 23.1 Å². The van der Waals surface area contributed by atoms with Crippen molar-refractivity contribution in [1.82, 2.24) is 10.7 Å². The molecule has 0 saturated carbocycles. The number of rotatable bonds is 10. The maximum Gasteiger partial charge on any atom is 0.259 e. The number of halogens is 1. The molecule has 3 aromatic carbocycles. The van der Waals surface area contributed by atoms with Crippen molar-refractivity contribution >= 4 is 34.0 Å². The Labute approximate surface area is 195 Å². The second kappa shape index (κ2) is 12.4. The number of carbonyl (C=O) groups is 2. The van der Waals surface area contributed by atoms with E-state index in [1.165, 1.54) is 6.21 Å². The van der Waals surface area contributed by atoms with Gasteiger partial charge >= 0.3 is 0 Å². The molecule has 0 unspecified atom stereocenters. The van der Waals surface area contributed by atoms with Gasteiger partial charge in [0.05, 0.1) is 12.8 Å². The van der Waals surface area contributed by atoms with Gasteiger partial charge < -0.3 is 10.1 Å². The van der Waals surface area contributed by atoms with Crippen molar-refractivity contribution in [2.75, 3.05) is 6.54 Å². The number of carbonyl (C=O) groups excluding carboxylic acids is 2. The highest BCUT2D eigenvalue weighted by Gasteiger charge is 2.07. The van der Waals surface area contributed by atoms with Crippen molar-refractivity contribution in [1.29, 1.82) is 0 Å². The van der Waals surface area contributed by atoms with Gasteiger partial charge in [0.15, 0.2) is 0 Å². The zero-order chi connectivity index (χ0) is 22.6. The number of hydrogen-bond acceptors (Lipinski definition) is 4. The third-order valence-corrected chi connectivity index (χ3v) is 5.02. The standard InChI is InChI=1S/C25H24BrN3O3/c26-22-12-13-23(32-18-20-9-5-2-6-10-20)21(15-22)16-28-29-25(31)17-27-24(30)14-11-19-7-3-1-4-8-19/h1-10,12-13,15-16H,11,14,17-18H2,(H,27,30)(H,29,31)/b28-16+. The van der Waals surface area contributed by atoms with Crippen LogP contribution in [0.25, 0.3) is 0 Å². The number of aryl methyl sites for hydroxylation is 1. The van der Waals surface area contributed by atoms with Crippen molar-refractivity contribution in [3.8, 4) is 5.75 Å². The van der Waals surface area contributed by atoms with E-state index in [1.54, 1.807) is 0 Å². The third kappa shape index (κ3) is 8.00. The molecule has 2 amide bonds. The summed E-state index contributed by atoms with van der Waals surface area (Å²) in [4.78, 5) is 23.9. The predicted molar refractivity (Wildman–Crippen MR) is 128 cm³/mol. The summed E-state index contributed by atoms with van der Waals surface area (Å²) in [6.45, 7) is 0.283. The number of amides is 2. The summed E-state index contributed by atoms with van der Waals surface area (Å²) in [5.74, 6) is 0.0527. The maximum absolute atomic E-state index is 12.0. The van der Waals surface area contributed by atoms with Crippen molar-refractivity contribution < 1.29 is 14.3 Å². The van der Waals surface area contributed by atoms with Gasteiger partial charge in [0.2, 0.25) is 5.91 Å². The average molecular weight is 494 g/mol. The highest BCUT2D eigenvalue weighted by Crippen LogP contribution is 2.22. The van der Waals surface area contributed by atoms with E-state index in [-0.39, 0.29) is 12.5 Å². The molecular weight excluding hydrogens is 470 g/mol. The van der Waals surface area contributed by atoms with Crippen molar-refractivity contribution in [2.24, 2.45) is 5.10 Å². The number of nitrogens with one attached hydrogen (secondary N) is 2. The zero-order valence-corrected chi connectivity index (χ0v) is 19.0. The van der Waals surface area contributed by atoms with E-state index in [1.807, 2.05) is 78.9 Å². The summed E-state index contributed by atoms with van der Waals surface area (Å²) < 4.78 is 6.76. The molecule has 0 heterocycles. The Hall–Kier alpha value is -3.45. The van der Waals surface area contributed by atoms with Crippen LogP contribution in [-0.2, 0) is 22.6 Å². The highest BCUT2D eigenvalue weighted by molar-refractivity contribution is 9.10. The van der Waals surface area contributed by atoms with E-state index in [9.17, 15) is 9.59 Å². The lowest BCUT2D eigenvalue weighted by Crippen LogP contribution is -2.35. The fourth-order valence-electron chi connectivity index (χ4n) is 2.87. The molecule has 164 valence electrons. The molecule has 3 rings (SSSR count). The number of benzene rings is 3. The fourth-order valence-corrected chi connectivity index (χ4v) is 3.25. The van der Waals surface area contributed by atoms with Gasteiger partial charge in [-0.05, 0) is 35.7 Å². The predicted octanol–water partition coefficient (Wildman–Crippen LogP) is 4.23.